The molecule has 0 aromatic heterocycles. The fourth-order valence-electron chi connectivity index (χ4n) is 3.96. The lowest BCUT2D eigenvalue weighted by Gasteiger charge is -2.35. The lowest BCUT2D eigenvalue weighted by Crippen LogP contribution is -2.52. The fraction of sp³-hybridized carbons (Fsp3) is 0.645. The highest BCUT2D eigenvalue weighted by Gasteiger charge is 2.35. The second-order valence-corrected chi connectivity index (χ2v) is 12.5. The van der Waals surface area contributed by atoms with Crippen molar-refractivity contribution in [1.82, 2.24) is 10.6 Å². The Hall–Kier alpha value is -3.63. The molecule has 236 valence electrons. The van der Waals surface area contributed by atoms with Crippen molar-refractivity contribution in [2.45, 2.75) is 123 Å². The number of hydrogen-bond donors (Lipinski definition) is 2. The predicted molar refractivity (Wildman–Crippen MR) is 156 cm³/mol. The van der Waals surface area contributed by atoms with Crippen LogP contribution in [0, 0.1) is 0 Å². The maximum absolute atomic E-state index is 13.1. The van der Waals surface area contributed by atoms with Crippen LogP contribution in [0.2, 0.25) is 0 Å². The third-order valence-electron chi connectivity index (χ3n) is 5.64. The second kappa shape index (κ2) is 16.7. The first kappa shape index (κ1) is 36.4. The molecule has 11 nitrogen and oxygen atoms in total. The first-order valence-corrected chi connectivity index (χ1v) is 14.3. The Morgan fingerprint density at radius 3 is 1.67 bits per heavy atom. The molecule has 0 saturated carbocycles. The molecule has 0 spiro atoms. The Morgan fingerprint density at radius 1 is 0.738 bits per heavy atom. The number of alkyl carbamates (subject to hydrolysis) is 1. The van der Waals surface area contributed by atoms with Gasteiger partial charge in [-0.05, 0) is 80.2 Å². The molecule has 0 aliphatic carbocycles. The molecule has 2 N–H and O–H groups in total. The molecule has 2 amide bonds. The first-order chi connectivity index (χ1) is 19.4. The zero-order valence-electron chi connectivity index (χ0n) is 26.3. The second-order valence-electron chi connectivity index (χ2n) is 12.5. The van der Waals surface area contributed by atoms with E-state index in [-0.39, 0.29) is 51.2 Å². The lowest BCUT2D eigenvalue weighted by molar-refractivity contribution is -0.155. The average molecular weight is 593 g/mol. The average Bonchev–Trinajstić information content (AvgIpc) is 2.85. The van der Waals surface area contributed by atoms with Gasteiger partial charge in [-0.2, -0.15) is 0 Å². The summed E-state index contributed by atoms with van der Waals surface area (Å²) in [5.74, 6) is -2.06. The third kappa shape index (κ3) is 17.2. The van der Waals surface area contributed by atoms with E-state index in [1.54, 1.807) is 67.5 Å². The molecule has 0 heterocycles. The van der Waals surface area contributed by atoms with Crippen LogP contribution >= 0.6 is 0 Å². The molecule has 0 fully saturated rings. The topological polar surface area (TPSA) is 146 Å². The van der Waals surface area contributed by atoms with Gasteiger partial charge < -0.3 is 29.6 Å². The molecule has 0 aliphatic heterocycles. The van der Waals surface area contributed by atoms with E-state index in [1.165, 1.54) is 0 Å². The number of carbonyl (C=O) groups is 5. The van der Waals surface area contributed by atoms with Crippen molar-refractivity contribution in [2.24, 2.45) is 0 Å². The predicted octanol–water partition coefficient (Wildman–Crippen LogP) is 4.74. The van der Waals surface area contributed by atoms with Crippen LogP contribution in [0.15, 0.2) is 30.3 Å². The third-order valence-corrected chi connectivity index (χ3v) is 5.64. The molecule has 1 aromatic rings. The fourth-order valence-corrected chi connectivity index (χ4v) is 3.96. The van der Waals surface area contributed by atoms with Crippen molar-refractivity contribution < 1.29 is 42.9 Å². The Kier molecular flexibility index (Phi) is 14.5. The SMILES string of the molecule is CC(C)OC(=O)CCC(CCC(=O)OC(C)(C)C)(CCC(=O)OC(C)(C)C)NC(=O)CNC(=O)OCc1ccccc1. The number of hydrogen-bond acceptors (Lipinski definition) is 9. The minimum Gasteiger partial charge on any atom is -0.463 e. The van der Waals surface area contributed by atoms with Gasteiger partial charge in [-0.3, -0.25) is 19.2 Å². The van der Waals surface area contributed by atoms with Crippen LogP contribution in [0.4, 0.5) is 4.79 Å². The van der Waals surface area contributed by atoms with Crippen molar-refractivity contribution in [3.8, 4) is 0 Å². The highest BCUT2D eigenvalue weighted by atomic mass is 16.6. The van der Waals surface area contributed by atoms with Crippen LogP contribution in [0.1, 0.15) is 99.5 Å². The van der Waals surface area contributed by atoms with E-state index in [1.807, 2.05) is 18.2 Å². The first-order valence-electron chi connectivity index (χ1n) is 14.3. The van der Waals surface area contributed by atoms with Gasteiger partial charge in [-0.1, -0.05) is 30.3 Å². The summed E-state index contributed by atoms with van der Waals surface area (Å²) in [6.45, 7) is 13.5. The summed E-state index contributed by atoms with van der Waals surface area (Å²) in [5, 5.41) is 5.28. The number of ether oxygens (including phenoxy) is 4. The smallest absolute Gasteiger partial charge is 0.407 e. The number of amides is 2. The van der Waals surface area contributed by atoms with Gasteiger partial charge in [0, 0.05) is 24.8 Å². The Morgan fingerprint density at radius 2 is 1.21 bits per heavy atom. The van der Waals surface area contributed by atoms with Gasteiger partial charge in [0.15, 0.2) is 0 Å². The number of benzene rings is 1. The van der Waals surface area contributed by atoms with Gasteiger partial charge in [0.25, 0.3) is 0 Å². The van der Waals surface area contributed by atoms with Crippen LogP contribution in [0.3, 0.4) is 0 Å². The highest BCUT2D eigenvalue weighted by Crippen LogP contribution is 2.28. The van der Waals surface area contributed by atoms with Crippen molar-refractivity contribution >= 4 is 29.9 Å². The maximum Gasteiger partial charge on any atom is 0.407 e. The summed E-state index contributed by atoms with van der Waals surface area (Å²) in [5.41, 5.74) is -1.83. The lowest BCUT2D eigenvalue weighted by atomic mass is 9.83. The van der Waals surface area contributed by atoms with Crippen LogP contribution in [0.25, 0.3) is 0 Å². The Balaban J connectivity index is 3.06. The van der Waals surface area contributed by atoms with Gasteiger partial charge in [0.2, 0.25) is 5.91 Å². The minimum absolute atomic E-state index is 0.0297. The Labute approximate surface area is 249 Å². The number of esters is 3. The molecule has 1 aromatic carbocycles. The molecule has 42 heavy (non-hydrogen) atoms. The summed E-state index contributed by atoms with van der Waals surface area (Å²) in [6, 6.07) is 9.07. The standard InChI is InChI=1S/C31H48N2O9/c1-22(2)40-25(35)14-17-31(18-15-26(36)41-29(3,4)5,19-16-27(37)42-30(6,7)8)33-24(34)20-32-28(38)39-21-23-12-10-9-11-13-23/h9-13,22H,14-21H2,1-8H3,(H,32,38)(H,33,34). The Bertz CT molecular complexity index is 1010. The molecule has 0 aliphatic rings. The van der Waals surface area contributed by atoms with Gasteiger partial charge in [-0.15, -0.1) is 0 Å². The van der Waals surface area contributed by atoms with Crippen molar-refractivity contribution in [3.05, 3.63) is 35.9 Å². The van der Waals surface area contributed by atoms with E-state index in [9.17, 15) is 24.0 Å². The van der Waals surface area contributed by atoms with Crippen molar-refractivity contribution in [1.29, 1.82) is 0 Å². The molecular weight excluding hydrogens is 544 g/mol. The number of rotatable bonds is 15. The van der Waals surface area contributed by atoms with E-state index in [0.717, 1.165) is 5.56 Å². The van der Waals surface area contributed by atoms with E-state index < -0.39 is 53.2 Å². The molecule has 0 atom stereocenters. The minimum atomic E-state index is -1.18. The van der Waals surface area contributed by atoms with Crippen LogP contribution < -0.4 is 10.6 Å². The van der Waals surface area contributed by atoms with Gasteiger partial charge >= 0.3 is 24.0 Å². The molecular formula is C31H48N2O9. The molecule has 11 heteroatoms. The van der Waals surface area contributed by atoms with E-state index >= 15 is 0 Å². The largest absolute Gasteiger partial charge is 0.463 e. The number of carbonyl (C=O) groups excluding carboxylic acids is 5. The highest BCUT2D eigenvalue weighted by molar-refractivity contribution is 5.83. The van der Waals surface area contributed by atoms with Gasteiger partial charge in [-0.25, -0.2) is 4.79 Å². The summed E-state index contributed by atoms with van der Waals surface area (Å²) in [6.07, 6.45) is -1.15. The van der Waals surface area contributed by atoms with Crippen molar-refractivity contribution in [2.75, 3.05) is 6.54 Å². The molecule has 0 unspecified atom stereocenters. The van der Waals surface area contributed by atoms with Crippen LogP contribution in [0.5, 0.6) is 0 Å². The summed E-state index contributed by atoms with van der Waals surface area (Å²) in [7, 11) is 0. The normalized spacial score (nSPS) is 11.8. The zero-order valence-corrected chi connectivity index (χ0v) is 26.3. The molecule has 0 saturated heterocycles. The molecule has 1 rings (SSSR count). The van der Waals surface area contributed by atoms with E-state index in [2.05, 4.69) is 10.6 Å². The molecule has 0 radical (unpaired) electrons. The maximum atomic E-state index is 13.1. The van der Waals surface area contributed by atoms with Crippen LogP contribution in [-0.2, 0) is 44.7 Å². The zero-order chi connectivity index (χ0) is 32.0. The summed E-state index contributed by atoms with van der Waals surface area (Å²) < 4.78 is 21.3. The van der Waals surface area contributed by atoms with E-state index in [0.29, 0.717) is 0 Å². The molecule has 0 bridgehead atoms. The summed E-state index contributed by atoms with van der Waals surface area (Å²) in [4.78, 5) is 63.0. The van der Waals surface area contributed by atoms with Crippen LogP contribution in [-0.4, -0.2) is 59.3 Å². The number of nitrogens with one attached hydrogen (secondary N) is 2. The van der Waals surface area contributed by atoms with Crippen molar-refractivity contribution in [3.63, 3.8) is 0 Å². The van der Waals surface area contributed by atoms with Gasteiger partial charge in [0.05, 0.1) is 6.10 Å². The van der Waals surface area contributed by atoms with Gasteiger partial charge in [0.1, 0.15) is 24.4 Å². The monoisotopic (exact) mass is 592 g/mol. The van der Waals surface area contributed by atoms with E-state index in [4.69, 9.17) is 18.9 Å². The quantitative estimate of drug-likeness (QED) is 0.218. The summed E-state index contributed by atoms with van der Waals surface area (Å²) >= 11 is 0.